The summed E-state index contributed by atoms with van der Waals surface area (Å²) in [6.45, 7) is 2.68. The Balaban J connectivity index is 2.42. The van der Waals surface area contributed by atoms with E-state index in [-0.39, 0.29) is 5.78 Å². The van der Waals surface area contributed by atoms with Crippen LogP contribution in [-0.2, 0) is 6.54 Å². The maximum absolute atomic E-state index is 12.4. The van der Waals surface area contributed by atoms with Gasteiger partial charge in [0.25, 0.3) is 0 Å². The summed E-state index contributed by atoms with van der Waals surface area (Å²) in [5, 5.41) is 4.48. The molecule has 0 atom stereocenters. The molecule has 0 amide bonds. The molecule has 2 aromatic heterocycles. The highest BCUT2D eigenvalue weighted by Gasteiger charge is 2.19. The third kappa shape index (κ3) is 2.62. The molecule has 2 aromatic rings. The minimum Gasteiger partial charge on any atom is -0.287 e. The predicted octanol–water partition coefficient (Wildman–Crippen LogP) is 3.34. The number of halogens is 2. The lowest BCUT2D eigenvalue weighted by Crippen LogP contribution is -2.12. The maximum Gasteiger partial charge on any atom is 0.214 e. The first kappa shape index (κ1) is 13.2. The maximum atomic E-state index is 12.4. The fraction of sp³-hybridized carbons (Fsp3) is 0.250. The van der Waals surface area contributed by atoms with E-state index in [0.29, 0.717) is 22.8 Å². The van der Waals surface area contributed by atoms with Crippen LogP contribution < -0.4 is 0 Å². The van der Waals surface area contributed by atoms with Crippen LogP contribution in [0, 0.1) is 0 Å². The largest absolute Gasteiger partial charge is 0.287 e. The number of pyridine rings is 1. The normalized spacial score (nSPS) is 10.6. The number of hydrogen-bond acceptors (Lipinski definition) is 3. The second-order valence-electron chi connectivity index (χ2n) is 3.79. The summed E-state index contributed by atoms with van der Waals surface area (Å²) in [5.74, 6) is -0.167. The fourth-order valence-corrected chi connectivity index (χ4v) is 2.23. The predicted molar refractivity (Wildman–Crippen MR) is 72.9 cm³/mol. The first-order valence-electron chi connectivity index (χ1n) is 5.50. The Morgan fingerprint density at radius 2 is 2.22 bits per heavy atom. The van der Waals surface area contributed by atoms with Crippen LogP contribution >= 0.6 is 27.5 Å². The van der Waals surface area contributed by atoms with Crippen LogP contribution in [0.4, 0.5) is 0 Å². The smallest absolute Gasteiger partial charge is 0.214 e. The van der Waals surface area contributed by atoms with E-state index in [4.69, 9.17) is 11.6 Å². The molecule has 0 bridgehead atoms. The summed E-state index contributed by atoms with van der Waals surface area (Å²) < 4.78 is 2.39. The van der Waals surface area contributed by atoms with E-state index in [2.05, 4.69) is 26.0 Å². The molecule has 0 aliphatic rings. The van der Waals surface area contributed by atoms with Gasteiger partial charge in [-0.15, -0.1) is 0 Å². The zero-order valence-electron chi connectivity index (χ0n) is 9.73. The highest BCUT2D eigenvalue weighted by Crippen LogP contribution is 2.20. The lowest BCUT2D eigenvalue weighted by atomic mass is 10.1. The SMILES string of the molecule is CCCn1ncc(Cl)c1C(=O)c1cncc(Br)c1. The molecule has 2 heterocycles. The summed E-state index contributed by atoms with van der Waals surface area (Å²) in [6.07, 6.45) is 5.53. The van der Waals surface area contributed by atoms with Gasteiger partial charge in [0.2, 0.25) is 5.78 Å². The van der Waals surface area contributed by atoms with Crippen LogP contribution in [-0.4, -0.2) is 20.5 Å². The molecule has 2 rings (SSSR count). The summed E-state index contributed by atoms with van der Waals surface area (Å²) in [6, 6.07) is 1.72. The Kier molecular flexibility index (Phi) is 4.14. The van der Waals surface area contributed by atoms with Crippen LogP contribution in [0.5, 0.6) is 0 Å². The summed E-state index contributed by atoms with van der Waals surface area (Å²) >= 11 is 9.32. The van der Waals surface area contributed by atoms with E-state index in [1.54, 1.807) is 16.9 Å². The number of carbonyl (C=O) groups is 1. The van der Waals surface area contributed by atoms with Crippen molar-refractivity contribution in [2.24, 2.45) is 0 Å². The summed E-state index contributed by atoms with van der Waals surface area (Å²) in [5.41, 5.74) is 0.905. The highest BCUT2D eigenvalue weighted by atomic mass is 79.9. The zero-order valence-corrected chi connectivity index (χ0v) is 12.1. The van der Waals surface area contributed by atoms with Gasteiger partial charge in [0.05, 0.1) is 11.2 Å². The molecule has 0 aliphatic carbocycles. The average molecular weight is 329 g/mol. The van der Waals surface area contributed by atoms with E-state index in [1.165, 1.54) is 12.4 Å². The van der Waals surface area contributed by atoms with Crippen molar-refractivity contribution < 1.29 is 4.79 Å². The minimum atomic E-state index is -0.167. The van der Waals surface area contributed by atoms with Gasteiger partial charge in [0.1, 0.15) is 5.69 Å². The highest BCUT2D eigenvalue weighted by molar-refractivity contribution is 9.10. The van der Waals surface area contributed by atoms with Gasteiger partial charge < -0.3 is 0 Å². The van der Waals surface area contributed by atoms with Gasteiger partial charge in [-0.3, -0.25) is 14.5 Å². The van der Waals surface area contributed by atoms with Gasteiger partial charge in [-0.2, -0.15) is 5.10 Å². The molecule has 0 N–H and O–H groups in total. The second-order valence-corrected chi connectivity index (χ2v) is 5.11. The molecule has 0 spiro atoms. The quantitative estimate of drug-likeness (QED) is 0.809. The summed E-state index contributed by atoms with van der Waals surface area (Å²) in [7, 11) is 0. The van der Waals surface area contributed by atoms with Crippen molar-refractivity contribution >= 4 is 33.3 Å². The van der Waals surface area contributed by atoms with Crippen LogP contribution in [0.1, 0.15) is 29.4 Å². The van der Waals surface area contributed by atoms with Crippen LogP contribution in [0.15, 0.2) is 29.1 Å². The zero-order chi connectivity index (χ0) is 13.1. The molecule has 0 aromatic carbocycles. The number of rotatable bonds is 4. The van der Waals surface area contributed by atoms with Crippen molar-refractivity contribution in [3.8, 4) is 0 Å². The lowest BCUT2D eigenvalue weighted by Gasteiger charge is -2.06. The molecule has 0 saturated heterocycles. The Morgan fingerprint density at radius 1 is 1.44 bits per heavy atom. The molecule has 6 heteroatoms. The molecule has 18 heavy (non-hydrogen) atoms. The van der Waals surface area contributed by atoms with E-state index in [1.807, 2.05) is 6.92 Å². The van der Waals surface area contributed by atoms with Gasteiger partial charge in [0, 0.05) is 29.0 Å². The average Bonchev–Trinajstić information content (AvgIpc) is 2.70. The van der Waals surface area contributed by atoms with Gasteiger partial charge in [-0.1, -0.05) is 18.5 Å². The topological polar surface area (TPSA) is 47.8 Å². The van der Waals surface area contributed by atoms with E-state index in [0.717, 1.165) is 10.9 Å². The van der Waals surface area contributed by atoms with E-state index < -0.39 is 0 Å². The van der Waals surface area contributed by atoms with Gasteiger partial charge in [-0.05, 0) is 28.4 Å². The molecule has 0 saturated carbocycles. The van der Waals surface area contributed by atoms with Gasteiger partial charge >= 0.3 is 0 Å². The van der Waals surface area contributed by atoms with Crippen molar-refractivity contribution in [2.75, 3.05) is 0 Å². The van der Waals surface area contributed by atoms with Crippen LogP contribution in [0.25, 0.3) is 0 Å². The second kappa shape index (κ2) is 5.63. The van der Waals surface area contributed by atoms with Crippen molar-refractivity contribution in [1.82, 2.24) is 14.8 Å². The third-order valence-corrected chi connectivity index (χ3v) is 3.12. The third-order valence-electron chi connectivity index (χ3n) is 2.41. The Bertz CT molecular complexity index is 582. The molecule has 0 radical (unpaired) electrons. The standard InChI is InChI=1S/C12H11BrClN3O/c1-2-3-17-11(10(14)7-16-17)12(18)8-4-9(13)6-15-5-8/h4-7H,2-3H2,1H3. The van der Waals surface area contributed by atoms with E-state index in [9.17, 15) is 4.79 Å². The molecule has 4 nitrogen and oxygen atoms in total. The number of carbonyl (C=O) groups excluding carboxylic acids is 1. The number of aromatic nitrogens is 3. The Hall–Kier alpha value is -1.20. The van der Waals surface area contributed by atoms with Crippen LogP contribution in [0.3, 0.4) is 0 Å². The molecule has 94 valence electrons. The number of aryl methyl sites for hydroxylation is 1. The minimum absolute atomic E-state index is 0.167. The number of hydrogen-bond donors (Lipinski definition) is 0. The molecule has 0 fully saturated rings. The van der Waals surface area contributed by atoms with E-state index >= 15 is 0 Å². The molecule has 0 aliphatic heterocycles. The molecule has 0 unspecified atom stereocenters. The lowest BCUT2D eigenvalue weighted by molar-refractivity contribution is 0.102. The first-order chi connectivity index (χ1) is 8.63. The van der Waals surface area contributed by atoms with Gasteiger partial charge in [0.15, 0.2) is 0 Å². The number of ketones is 1. The van der Waals surface area contributed by atoms with Gasteiger partial charge in [-0.25, -0.2) is 0 Å². The van der Waals surface area contributed by atoms with Crippen molar-refractivity contribution in [3.05, 3.63) is 45.4 Å². The fourth-order valence-electron chi connectivity index (χ4n) is 1.64. The van der Waals surface area contributed by atoms with Crippen molar-refractivity contribution in [1.29, 1.82) is 0 Å². The van der Waals surface area contributed by atoms with Crippen molar-refractivity contribution in [2.45, 2.75) is 19.9 Å². The molecular weight excluding hydrogens is 318 g/mol. The van der Waals surface area contributed by atoms with Crippen molar-refractivity contribution in [3.63, 3.8) is 0 Å². The number of nitrogens with zero attached hydrogens (tertiary/aromatic N) is 3. The summed E-state index contributed by atoms with van der Waals surface area (Å²) in [4.78, 5) is 16.4. The first-order valence-corrected chi connectivity index (χ1v) is 6.67. The van der Waals surface area contributed by atoms with Crippen LogP contribution in [0.2, 0.25) is 5.02 Å². The monoisotopic (exact) mass is 327 g/mol. The molecular formula is C12H11BrClN3O. The Labute approximate surface area is 118 Å². The Morgan fingerprint density at radius 3 is 2.89 bits per heavy atom.